The molecule has 0 aromatic carbocycles. The first-order valence-corrected chi connectivity index (χ1v) is 6.78. The van der Waals surface area contributed by atoms with E-state index in [4.69, 9.17) is 5.11 Å². The quantitative estimate of drug-likeness (QED) is 0.859. The van der Waals surface area contributed by atoms with Crippen molar-refractivity contribution in [2.45, 2.75) is 52.1 Å². The second-order valence-corrected chi connectivity index (χ2v) is 6.13. The third-order valence-electron chi connectivity index (χ3n) is 3.61. The highest BCUT2D eigenvalue weighted by Crippen LogP contribution is 2.35. The van der Waals surface area contributed by atoms with Crippen molar-refractivity contribution in [3.63, 3.8) is 0 Å². The van der Waals surface area contributed by atoms with E-state index in [2.05, 4.69) is 29.5 Å². The van der Waals surface area contributed by atoms with E-state index in [9.17, 15) is 9.59 Å². The van der Waals surface area contributed by atoms with Gasteiger partial charge in [-0.2, -0.15) is 0 Å². The molecule has 1 heterocycles. The molecule has 0 bridgehead atoms. The van der Waals surface area contributed by atoms with Gasteiger partial charge in [-0.1, -0.05) is 25.5 Å². The van der Waals surface area contributed by atoms with Crippen molar-refractivity contribution >= 4 is 11.9 Å². The summed E-state index contributed by atoms with van der Waals surface area (Å²) in [6, 6.07) is 0.149. The lowest BCUT2D eigenvalue weighted by Gasteiger charge is -2.35. The molecular formula is C13H20N4O3. The van der Waals surface area contributed by atoms with E-state index in [1.54, 1.807) is 0 Å². The van der Waals surface area contributed by atoms with Gasteiger partial charge in [-0.05, 0) is 24.7 Å². The molecule has 0 spiro atoms. The topological polar surface area (TPSA) is 97.1 Å². The third-order valence-corrected chi connectivity index (χ3v) is 3.61. The maximum Gasteiger partial charge on any atom is 0.325 e. The van der Waals surface area contributed by atoms with Crippen LogP contribution < -0.4 is 5.32 Å². The van der Waals surface area contributed by atoms with Crippen LogP contribution in [-0.4, -0.2) is 38.0 Å². The van der Waals surface area contributed by atoms with Crippen molar-refractivity contribution in [3.05, 3.63) is 11.9 Å². The number of hydrogen-bond donors (Lipinski definition) is 2. The van der Waals surface area contributed by atoms with E-state index in [-0.39, 0.29) is 29.6 Å². The fourth-order valence-electron chi connectivity index (χ4n) is 2.70. The van der Waals surface area contributed by atoms with E-state index < -0.39 is 5.97 Å². The van der Waals surface area contributed by atoms with Crippen molar-refractivity contribution in [2.24, 2.45) is 5.41 Å². The van der Waals surface area contributed by atoms with Crippen LogP contribution >= 0.6 is 0 Å². The number of carboxylic acid groups (broad SMARTS) is 1. The SMILES string of the molecule is CC1(C)CCCC(NC(=O)c2cn(CC(=O)O)nn2)C1. The highest BCUT2D eigenvalue weighted by Gasteiger charge is 2.29. The molecule has 1 saturated carbocycles. The van der Waals surface area contributed by atoms with Crippen LogP contribution in [0, 0.1) is 5.41 Å². The van der Waals surface area contributed by atoms with Crippen molar-refractivity contribution in [2.75, 3.05) is 0 Å². The van der Waals surface area contributed by atoms with Crippen molar-refractivity contribution in [1.82, 2.24) is 20.3 Å². The summed E-state index contributed by atoms with van der Waals surface area (Å²) in [4.78, 5) is 22.6. The Morgan fingerprint density at radius 3 is 2.95 bits per heavy atom. The highest BCUT2D eigenvalue weighted by molar-refractivity contribution is 5.92. The van der Waals surface area contributed by atoms with Crippen LogP contribution in [0.1, 0.15) is 50.0 Å². The summed E-state index contributed by atoms with van der Waals surface area (Å²) in [5, 5.41) is 18.9. The predicted octanol–water partition coefficient (Wildman–Crippen LogP) is 1.06. The molecule has 7 nitrogen and oxygen atoms in total. The monoisotopic (exact) mass is 280 g/mol. The van der Waals surface area contributed by atoms with Crippen LogP contribution in [0.3, 0.4) is 0 Å². The number of carboxylic acids is 1. The summed E-state index contributed by atoms with van der Waals surface area (Å²) in [6.07, 6.45) is 5.55. The van der Waals surface area contributed by atoms with Gasteiger partial charge in [-0.15, -0.1) is 5.10 Å². The third kappa shape index (κ3) is 3.79. The normalized spacial score (nSPS) is 21.4. The number of amides is 1. The maximum atomic E-state index is 12.0. The Morgan fingerprint density at radius 1 is 1.55 bits per heavy atom. The number of aromatic nitrogens is 3. The Bertz CT molecular complexity index is 509. The van der Waals surface area contributed by atoms with Gasteiger partial charge < -0.3 is 10.4 Å². The molecule has 0 saturated heterocycles. The molecule has 7 heteroatoms. The molecule has 2 rings (SSSR count). The largest absolute Gasteiger partial charge is 0.480 e. The molecule has 1 atom stereocenters. The van der Waals surface area contributed by atoms with Gasteiger partial charge >= 0.3 is 5.97 Å². The molecule has 1 fully saturated rings. The second-order valence-electron chi connectivity index (χ2n) is 6.13. The number of carbonyl (C=O) groups excluding carboxylic acids is 1. The minimum absolute atomic E-state index is 0.149. The van der Waals surface area contributed by atoms with E-state index in [0.717, 1.165) is 23.9 Å². The molecule has 1 aliphatic carbocycles. The summed E-state index contributed by atoms with van der Waals surface area (Å²) < 4.78 is 1.14. The van der Waals surface area contributed by atoms with Crippen LogP contribution in [0.4, 0.5) is 0 Å². The molecule has 2 N–H and O–H groups in total. The lowest BCUT2D eigenvalue weighted by molar-refractivity contribution is -0.137. The summed E-state index contributed by atoms with van der Waals surface area (Å²) in [6.45, 7) is 4.11. The lowest BCUT2D eigenvalue weighted by Crippen LogP contribution is -2.40. The standard InChI is InChI=1S/C13H20N4O3/c1-13(2)5-3-4-9(6-13)14-12(20)10-7-17(16-15-10)8-11(18)19/h7,9H,3-6,8H2,1-2H3,(H,14,20)(H,18,19). The van der Waals surface area contributed by atoms with Crippen LogP contribution in [0.15, 0.2) is 6.20 Å². The minimum atomic E-state index is -1.02. The number of nitrogens with one attached hydrogen (secondary N) is 1. The lowest BCUT2D eigenvalue weighted by atomic mass is 9.75. The average molecular weight is 280 g/mol. The summed E-state index contributed by atoms with van der Waals surface area (Å²) >= 11 is 0. The van der Waals surface area contributed by atoms with Gasteiger partial charge in [0, 0.05) is 6.04 Å². The van der Waals surface area contributed by atoms with Gasteiger partial charge in [-0.3, -0.25) is 9.59 Å². The Kier molecular flexibility index (Phi) is 4.06. The number of hydrogen-bond acceptors (Lipinski definition) is 4. The average Bonchev–Trinajstić information content (AvgIpc) is 2.75. The summed E-state index contributed by atoms with van der Waals surface area (Å²) in [5.41, 5.74) is 0.409. The number of carbonyl (C=O) groups is 2. The Balaban J connectivity index is 1.94. The molecule has 0 radical (unpaired) electrons. The first kappa shape index (κ1) is 14.5. The Hall–Kier alpha value is -1.92. The van der Waals surface area contributed by atoms with Crippen LogP contribution in [0.2, 0.25) is 0 Å². The van der Waals surface area contributed by atoms with Crippen molar-refractivity contribution in [3.8, 4) is 0 Å². The second kappa shape index (κ2) is 5.60. The molecule has 110 valence electrons. The van der Waals surface area contributed by atoms with Gasteiger partial charge in [0.1, 0.15) is 6.54 Å². The molecule has 1 aromatic heterocycles. The highest BCUT2D eigenvalue weighted by atomic mass is 16.4. The Morgan fingerprint density at radius 2 is 2.30 bits per heavy atom. The van der Waals surface area contributed by atoms with Gasteiger partial charge in [-0.25, -0.2) is 4.68 Å². The fraction of sp³-hybridized carbons (Fsp3) is 0.692. The predicted molar refractivity (Wildman–Crippen MR) is 71.2 cm³/mol. The zero-order chi connectivity index (χ0) is 14.8. The van der Waals surface area contributed by atoms with Gasteiger partial charge in [0.15, 0.2) is 5.69 Å². The van der Waals surface area contributed by atoms with Gasteiger partial charge in [0.2, 0.25) is 0 Å². The van der Waals surface area contributed by atoms with E-state index in [1.165, 1.54) is 12.6 Å². The summed E-state index contributed by atoms with van der Waals surface area (Å²) in [7, 11) is 0. The smallest absolute Gasteiger partial charge is 0.325 e. The summed E-state index contributed by atoms with van der Waals surface area (Å²) in [5.74, 6) is -1.31. The van der Waals surface area contributed by atoms with Gasteiger partial charge in [0.05, 0.1) is 6.20 Å². The zero-order valence-electron chi connectivity index (χ0n) is 11.8. The molecule has 1 aromatic rings. The first-order valence-electron chi connectivity index (χ1n) is 6.78. The number of aliphatic carboxylic acids is 1. The maximum absolute atomic E-state index is 12.0. The fourth-order valence-corrected chi connectivity index (χ4v) is 2.70. The van der Waals surface area contributed by atoms with E-state index in [1.807, 2.05) is 0 Å². The van der Waals surface area contributed by atoms with E-state index >= 15 is 0 Å². The first-order chi connectivity index (χ1) is 9.35. The van der Waals surface area contributed by atoms with Crippen LogP contribution in [0.25, 0.3) is 0 Å². The molecule has 20 heavy (non-hydrogen) atoms. The number of rotatable bonds is 4. The van der Waals surface area contributed by atoms with Gasteiger partial charge in [0.25, 0.3) is 5.91 Å². The molecule has 0 aliphatic heterocycles. The molecular weight excluding hydrogens is 260 g/mol. The Labute approximate surface area is 117 Å². The zero-order valence-corrected chi connectivity index (χ0v) is 11.8. The molecule has 1 unspecified atom stereocenters. The van der Waals surface area contributed by atoms with Crippen LogP contribution in [0.5, 0.6) is 0 Å². The number of nitrogens with zero attached hydrogens (tertiary/aromatic N) is 3. The van der Waals surface area contributed by atoms with E-state index in [0.29, 0.717) is 0 Å². The van der Waals surface area contributed by atoms with Crippen molar-refractivity contribution in [1.29, 1.82) is 0 Å². The molecule has 1 aliphatic rings. The van der Waals surface area contributed by atoms with Crippen molar-refractivity contribution < 1.29 is 14.7 Å². The van der Waals surface area contributed by atoms with Crippen LogP contribution in [-0.2, 0) is 11.3 Å². The molecule has 1 amide bonds. The minimum Gasteiger partial charge on any atom is -0.480 e.